The SMILES string of the molecule is CC(C)(C)OC(=O)N1CCC[C@@H]1c1ncc(-c2ccc(-c3ccc(-c4cn(COCC[Si](C)(C)C)cn4)cc3)cc2)[nH]1. The highest BCUT2D eigenvalue weighted by Crippen LogP contribution is 2.33. The number of ether oxygens (including phenoxy) is 2. The van der Waals surface area contributed by atoms with Crippen molar-refractivity contribution >= 4 is 14.2 Å². The molecule has 3 heterocycles. The van der Waals surface area contributed by atoms with Gasteiger partial charge in [0.05, 0.1) is 30.0 Å². The number of amides is 1. The average molecular weight is 586 g/mol. The van der Waals surface area contributed by atoms with Gasteiger partial charge in [-0.25, -0.2) is 14.8 Å². The van der Waals surface area contributed by atoms with Crippen LogP contribution in [0, 0.1) is 0 Å². The van der Waals surface area contributed by atoms with Crippen molar-refractivity contribution < 1.29 is 14.3 Å². The molecule has 5 rings (SSSR count). The summed E-state index contributed by atoms with van der Waals surface area (Å²) < 4.78 is 13.5. The third-order valence-electron chi connectivity index (χ3n) is 7.37. The van der Waals surface area contributed by atoms with Crippen LogP contribution in [0.5, 0.6) is 0 Å². The summed E-state index contributed by atoms with van der Waals surface area (Å²) in [5.74, 6) is 0.800. The van der Waals surface area contributed by atoms with Gasteiger partial charge >= 0.3 is 6.09 Å². The Kier molecular flexibility index (Phi) is 8.70. The van der Waals surface area contributed by atoms with E-state index in [9.17, 15) is 4.79 Å². The second-order valence-electron chi connectivity index (χ2n) is 13.3. The number of carbonyl (C=O) groups is 1. The van der Waals surface area contributed by atoms with Crippen LogP contribution >= 0.6 is 0 Å². The van der Waals surface area contributed by atoms with Crippen molar-refractivity contribution in [2.75, 3.05) is 13.2 Å². The molecule has 0 saturated carbocycles. The Labute approximate surface area is 250 Å². The minimum atomic E-state index is -1.08. The van der Waals surface area contributed by atoms with Crippen LogP contribution in [0.1, 0.15) is 45.5 Å². The molecule has 1 saturated heterocycles. The number of imidazole rings is 2. The van der Waals surface area contributed by atoms with Crippen LogP contribution in [0.2, 0.25) is 25.7 Å². The van der Waals surface area contributed by atoms with E-state index < -0.39 is 13.7 Å². The summed E-state index contributed by atoms with van der Waals surface area (Å²) in [4.78, 5) is 27.2. The van der Waals surface area contributed by atoms with Crippen LogP contribution < -0.4 is 0 Å². The van der Waals surface area contributed by atoms with Crippen LogP contribution in [0.25, 0.3) is 33.6 Å². The number of hydrogen-bond donors (Lipinski definition) is 1. The topological polar surface area (TPSA) is 85.3 Å². The first-order valence-electron chi connectivity index (χ1n) is 14.8. The molecule has 0 spiro atoms. The Morgan fingerprint density at radius 3 is 2.26 bits per heavy atom. The lowest BCUT2D eigenvalue weighted by Crippen LogP contribution is -2.36. The Balaban J connectivity index is 1.20. The van der Waals surface area contributed by atoms with Crippen LogP contribution in [0.15, 0.2) is 67.3 Å². The molecule has 0 bridgehead atoms. The van der Waals surface area contributed by atoms with Gasteiger partial charge in [-0.3, -0.25) is 4.90 Å². The first-order chi connectivity index (χ1) is 19.9. The number of carbonyl (C=O) groups excluding carboxylic acids is 1. The molecule has 8 nitrogen and oxygen atoms in total. The third kappa shape index (κ3) is 7.57. The van der Waals surface area contributed by atoms with Crippen molar-refractivity contribution in [3.63, 3.8) is 0 Å². The van der Waals surface area contributed by atoms with Crippen molar-refractivity contribution in [2.24, 2.45) is 0 Å². The minimum Gasteiger partial charge on any atom is -0.444 e. The summed E-state index contributed by atoms with van der Waals surface area (Å²) in [6.45, 7) is 14.8. The predicted octanol–water partition coefficient (Wildman–Crippen LogP) is 7.99. The first-order valence-corrected chi connectivity index (χ1v) is 18.5. The summed E-state index contributed by atoms with van der Waals surface area (Å²) in [7, 11) is -1.08. The van der Waals surface area contributed by atoms with Crippen LogP contribution in [0.4, 0.5) is 4.79 Å². The molecule has 1 fully saturated rings. The van der Waals surface area contributed by atoms with Gasteiger partial charge in [-0.15, -0.1) is 0 Å². The van der Waals surface area contributed by atoms with E-state index in [1.807, 2.05) is 44.1 Å². The largest absolute Gasteiger partial charge is 0.444 e. The molecule has 9 heteroatoms. The van der Waals surface area contributed by atoms with Gasteiger partial charge in [0.15, 0.2) is 0 Å². The minimum absolute atomic E-state index is 0.0970. The number of rotatable bonds is 9. The Morgan fingerprint density at radius 2 is 1.62 bits per heavy atom. The summed E-state index contributed by atoms with van der Waals surface area (Å²) in [5, 5.41) is 0. The lowest BCUT2D eigenvalue weighted by Gasteiger charge is -2.27. The van der Waals surface area contributed by atoms with Gasteiger partial charge in [0, 0.05) is 33.0 Å². The number of hydrogen-bond acceptors (Lipinski definition) is 5. The number of H-pyrrole nitrogens is 1. The van der Waals surface area contributed by atoms with Crippen molar-refractivity contribution in [3.05, 3.63) is 73.1 Å². The molecule has 222 valence electrons. The fourth-order valence-electron chi connectivity index (χ4n) is 5.05. The molecule has 0 radical (unpaired) electrons. The maximum absolute atomic E-state index is 12.7. The highest BCUT2D eigenvalue weighted by atomic mass is 28.3. The van der Waals surface area contributed by atoms with Gasteiger partial charge < -0.3 is 19.0 Å². The van der Waals surface area contributed by atoms with E-state index in [4.69, 9.17) is 9.47 Å². The normalized spacial score (nSPS) is 15.8. The standard InChI is InChI=1S/C33H43N5O3Si/c1-33(2,3)41-32(39)38-17-7-8-30(38)31-34-20-28(36-31)26-13-9-24(10-14-26)25-11-15-27(16-12-25)29-21-37(22-35-29)23-40-18-19-42(4,5)6/h9-16,20-22,30H,7-8,17-19,23H2,1-6H3,(H,34,36)/t30-/m1/s1. The van der Waals surface area contributed by atoms with Crippen molar-refractivity contribution in [2.45, 2.75) is 77.7 Å². The molecule has 1 atom stereocenters. The Bertz CT molecular complexity index is 1480. The van der Waals surface area contributed by atoms with E-state index >= 15 is 0 Å². The summed E-state index contributed by atoms with van der Waals surface area (Å²) in [6, 6.07) is 18.0. The summed E-state index contributed by atoms with van der Waals surface area (Å²) >= 11 is 0. The zero-order valence-electron chi connectivity index (χ0n) is 25.7. The van der Waals surface area contributed by atoms with E-state index in [2.05, 4.69) is 83.1 Å². The predicted molar refractivity (Wildman–Crippen MR) is 170 cm³/mol. The number of aromatic nitrogens is 4. The Morgan fingerprint density at radius 1 is 0.976 bits per heavy atom. The number of benzene rings is 2. The van der Waals surface area contributed by atoms with Gasteiger partial charge in [0.25, 0.3) is 0 Å². The quantitative estimate of drug-likeness (QED) is 0.159. The van der Waals surface area contributed by atoms with Gasteiger partial charge in [0.2, 0.25) is 0 Å². The molecule has 42 heavy (non-hydrogen) atoms. The monoisotopic (exact) mass is 585 g/mol. The molecule has 0 unspecified atom stereocenters. The second-order valence-corrected chi connectivity index (χ2v) is 18.9. The number of nitrogens with zero attached hydrogens (tertiary/aromatic N) is 4. The van der Waals surface area contributed by atoms with Crippen LogP contribution in [0.3, 0.4) is 0 Å². The molecule has 2 aromatic carbocycles. The van der Waals surface area contributed by atoms with Crippen molar-refractivity contribution in [1.82, 2.24) is 24.4 Å². The lowest BCUT2D eigenvalue weighted by atomic mass is 10.0. The third-order valence-corrected chi connectivity index (χ3v) is 9.08. The van der Waals surface area contributed by atoms with Crippen LogP contribution in [-0.2, 0) is 16.2 Å². The maximum Gasteiger partial charge on any atom is 0.410 e. The highest BCUT2D eigenvalue weighted by molar-refractivity contribution is 6.76. The fourth-order valence-corrected chi connectivity index (χ4v) is 5.80. The molecule has 1 N–H and O–H groups in total. The van der Waals surface area contributed by atoms with E-state index in [0.29, 0.717) is 13.3 Å². The molecule has 4 aromatic rings. The molecular weight excluding hydrogens is 542 g/mol. The summed E-state index contributed by atoms with van der Waals surface area (Å²) in [6.07, 6.45) is 7.24. The first kappa shape index (κ1) is 29.8. The van der Waals surface area contributed by atoms with Crippen LogP contribution in [-0.4, -0.2) is 57.3 Å². The van der Waals surface area contributed by atoms with Gasteiger partial charge in [-0.1, -0.05) is 68.2 Å². The second kappa shape index (κ2) is 12.3. The number of aromatic amines is 1. The van der Waals surface area contributed by atoms with Gasteiger partial charge in [-0.2, -0.15) is 0 Å². The molecule has 1 amide bonds. The smallest absolute Gasteiger partial charge is 0.410 e. The van der Waals surface area contributed by atoms with E-state index in [1.165, 1.54) is 0 Å². The molecular formula is C33H43N5O3Si. The maximum atomic E-state index is 12.7. The molecule has 1 aliphatic heterocycles. The van der Waals surface area contributed by atoms with E-state index in [1.54, 1.807) is 4.90 Å². The van der Waals surface area contributed by atoms with E-state index in [-0.39, 0.29) is 12.1 Å². The fraction of sp³-hybridized carbons (Fsp3) is 0.424. The van der Waals surface area contributed by atoms with Gasteiger partial charge in [0.1, 0.15) is 18.2 Å². The molecule has 0 aliphatic carbocycles. The number of nitrogens with one attached hydrogen (secondary N) is 1. The van der Waals surface area contributed by atoms with Crippen molar-refractivity contribution in [3.8, 4) is 33.6 Å². The average Bonchev–Trinajstić information content (AvgIpc) is 3.71. The highest BCUT2D eigenvalue weighted by Gasteiger charge is 2.34. The van der Waals surface area contributed by atoms with Gasteiger partial charge in [-0.05, 0) is 56.3 Å². The zero-order valence-corrected chi connectivity index (χ0v) is 26.7. The van der Waals surface area contributed by atoms with Crippen molar-refractivity contribution in [1.29, 1.82) is 0 Å². The number of likely N-dealkylation sites (tertiary alicyclic amines) is 1. The lowest BCUT2D eigenvalue weighted by molar-refractivity contribution is 0.0218. The van der Waals surface area contributed by atoms with E-state index in [0.717, 1.165) is 65.0 Å². The molecule has 2 aromatic heterocycles. The zero-order chi connectivity index (χ0) is 29.9. The Hall–Kier alpha value is -3.69. The molecule has 1 aliphatic rings. The summed E-state index contributed by atoms with van der Waals surface area (Å²) in [5.41, 5.74) is 5.76.